The predicted octanol–water partition coefficient (Wildman–Crippen LogP) is 4.59. The number of esters is 2. The molecular weight excluding hydrogens is 588 g/mol. The zero-order valence-corrected chi connectivity index (χ0v) is 26.5. The van der Waals surface area contributed by atoms with Crippen LogP contribution in [0.3, 0.4) is 0 Å². The topological polar surface area (TPSA) is 119 Å². The quantitative estimate of drug-likeness (QED) is 0.168. The van der Waals surface area contributed by atoms with Gasteiger partial charge in [-0.2, -0.15) is 0 Å². The lowest BCUT2D eigenvalue weighted by atomic mass is 9.95. The van der Waals surface area contributed by atoms with Gasteiger partial charge in [-0.15, -0.1) is 0 Å². The molecule has 0 radical (unpaired) electrons. The third kappa shape index (κ3) is 7.63. The highest BCUT2D eigenvalue weighted by molar-refractivity contribution is 7.80. The molecule has 10 nitrogen and oxygen atoms in total. The van der Waals surface area contributed by atoms with E-state index in [9.17, 15) is 9.59 Å². The van der Waals surface area contributed by atoms with E-state index in [1.165, 1.54) is 0 Å². The molecule has 228 valence electrons. The summed E-state index contributed by atoms with van der Waals surface area (Å²) >= 11 is 10.8. The summed E-state index contributed by atoms with van der Waals surface area (Å²) in [6, 6.07) is 13.4. The Morgan fingerprint density at radius 1 is 0.698 bits per heavy atom. The Bertz CT molecular complexity index is 1380. The Morgan fingerprint density at radius 2 is 1.07 bits per heavy atom. The fraction of sp³-hybridized carbons (Fsp3) is 0.355. The van der Waals surface area contributed by atoms with E-state index in [0.717, 1.165) is 0 Å². The van der Waals surface area contributed by atoms with Crippen LogP contribution in [0.5, 0.6) is 11.5 Å². The number of nitrogens with one attached hydrogen (secondary N) is 4. The summed E-state index contributed by atoms with van der Waals surface area (Å²) in [7, 11) is 0. The zero-order valence-electron chi connectivity index (χ0n) is 24.9. The smallest absolute Gasteiger partial charge is 0.338 e. The Balaban J connectivity index is 1.58. The van der Waals surface area contributed by atoms with Gasteiger partial charge >= 0.3 is 11.9 Å². The molecule has 0 aromatic heterocycles. The van der Waals surface area contributed by atoms with Gasteiger partial charge < -0.3 is 40.2 Å². The Morgan fingerprint density at radius 3 is 1.44 bits per heavy atom. The number of carbonyl (C=O) groups excluding carboxylic acids is 2. The van der Waals surface area contributed by atoms with Crippen molar-refractivity contribution in [3.8, 4) is 11.5 Å². The number of ether oxygens (including phenoxy) is 4. The van der Waals surface area contributed by atoms with Gasteiger partial charge in [0.25, 0.3) is 0 Å². The highest BCUT2D eigenvalue weighted by Crippen LogP contribution is 2.36. The van der Waals surface area contributed by atoms with E-state index < -0.39 is 24.0 Å². The molecule has 0 saturated carbocycles. The molecule has 0 spiro atoms. The number of carbonyl (C=O) groups is 2. The van der Waals surface area contributed by atoms with Crippen molar-refractivity contribution in [2.24, 2.45) is 0 Å². The van der Waals surface area contributed by atoms with E-state index in [1.807, 2.05) is 36.4 Å². The molecule has 0 fully saturated rings. The first-order valence-corrected chi connectivity index (χ1v) is 14.7. The molecule has 4 N–H and O–H groups in total. The number of para-hydroxylation sites is 2. The van der Waals surface area contributed by atoms with Gasteiger partial charge in [-0.05, 0) is 78.1 Å². The van der Waals surface area contributed by atoms with Crippen LogP contribution in [0.2, 0.25) is 0 Å². The standard InChI is InChI=1S/C31H36N4O6S2/c1-16(2)40-28(36)24-18(5)32-30(42)34-26(24)20-11-7-9-13-22(20)38-15-39-23-14-10-8-12-21(23)27-25(29(37)41-17(3)4)19(6)33-31(43)35-27/h7-14,16-17,26-27H,15H2,1-6H3,(H2,32,34,42)(H2,33,35,43). The fourth-order valence-corrected chi connectivity index (χ4v) is 5.35. The molecule has 2 aliphatic heterocycles. The molecule has 0 bridgehead atoms. The second kappa shape index (κ2) is 13.9. The lowest BCUT2D eigenvalue weighted by molar-refractivity contribution is -0.144. The van der Waals surface area contributed by atoms with E-state index in [2.05, 4.69) is 21.3 Å². The van der Waals surface area contributed by atoms with Crippen LogP contribution in [-0.4, -0.2) is 41.2 Å². The van der Waals surface area contributed by atoms with Gasteiger partial charge in [0.1, 0.15) is 11.5 Å². The lowest BCUT2D eigenvalue weighted by Crippen LogP contribution is -2.45. The number of allylic oxidation sites excluding steroid dienone is 2. The van der Waals surface area contributed by atoms with Crippen molar-refractivity contribution < 1.29 is 28.5 Å². The minimum atomic E-state index is -0.605. The molecule has 2 aromatic rings. The normalized spacial score (nSPS) is 18.4. The largest absolute Gasteiger partial charge is 0.459 e. The van der Waals surface area contributed by atoms with E-state index in [-0.39, 0.29) is 19.0 Å². The number of thiocarbonyl (C=S) groups is 2. The van der Waals surface area contributed by atoms with Crippen molar-refractivity contribution >= 4 is 46.6 Å². The van der Waals surface area contributed by atoms with Gasteiger partial charge in [0, 0.05) is 22.5 Å². The Hall–Kier alpha value is -4.16. The third-order valence-electron chi connectivity index (χ3n) is 6.55. The second-order valence-corrected chi connectivity index (χ2v) is 11.3. The van der Waals surface area contributed by atoms with Crippen molar-refractivity contribution in [1.82, 2.24) is 21.3 Å². The maximum atomic E-state index is 13.1. The monoisotopic (exact) mass is 624 g/mol. The second-order valence-electron chi connectivity index (χ2n) is 10.5. The number of rotatable bonds is 10. The molecule has 4 rings (SSSR count). The van der Waals surface area contributed by atoms with Gasteiger partial charge in [0.15, 0.2) is 10.2 Å². The van der Waals surface area contributed by atoms with Crippen LogP contribution in [0.4, 0.5) is 0 Å². The number of benzene rings is 2. The van der Waals surface area contributed by atoms with Crippen LogP contribution in [0.1, 0.15) is 64.8 Å². The van der Waals surface area contributed by atoms with Crippen LogP contribution in [0.15, 0.2) is 71.1 Å². The Labute approximate surface area is 262 Å². The first-order valence-electron chi connectivity index (χ1n) is 13.9. The molecule has 2 aliphatic rings. The van der Waals surface area contributed by atoms with Crippen LogP contribution in [0.25, 0.3) is 0 Å². The molecule has 2 aromatic carbocycles. The molecule has 0 saturated heterocycles. The average molecular weight is 625 g/mol. The third-order valence-corrected chi connectivity index (χ3v) is 6.99. The van der Waals surface area contributed by atoms with E-state index >= 15 is 0 Å². The summed E-state index contributed by atoms with van der Waals surface area (Å²) in [5, 5.41) is 13.1. The highest BCUT2D eigenvalue weighted by atomic mass is 32.1. The summed E-state index contributed by atoms with van der Waals surface area (Å²) in [6.45, 7) is 10.6. The van der Waals surface area contributed by atoms with Crippen LogP contribution < -0.4 is 30.7 Å². The van der Waals surface area contributed by atoms with E-state index in [0.29, 0.717) is 55.4 Å². The van der Waals surface area contributed by atoms with Crippen molar-refractivity contribution in [2.45, 2.75) is 65.8 Å². The van der Waals surface area contributed by atoms with Gasteiger partial charge in [0.05, 0.1) is 35.4 Å². The van der Waals surface area contributed by atoms with Gasteiger partial charge in [-0.1, -0.05) is 36.4 Å². The maximum Gasteiger partial charge on any atom is 0.338 e. The van der Waals surface area contributed by atoms with Crippen molar-refractivity contribution in [1.29, 1.82) is 0 Å². The fourth-order valence-electron chi connectivity index (χ4n) is 4.81. The summed E-state index contributed by atoms with van der Waals surface area (Å²) < 4.78 is 23.3. The zero-order chi connectivity index (χ0) is 31.3. The SMILES string of the molecule is CC1=C(C(=O)OC(C)C)C(c2ccccc2OCOc2ccccc2C2NC(=S)NC(C)=C2C(=O)OC(C)C)NC(=S)N1. The molecule has 12 heteroatoms. The van der Waals surface area contributed by atoms with E-state index in [1.54, 1.807) is 53.7 Å². The van der Waals surface area contributed by atoms with Gasteiger partial charge in [-0.3, -0.25) is 0 Å². The van der Waals surface area contributed by atoms with Crippen molar-refractivity contribution in [3.05, 3.63) is 82.2 Å². The average Bonchev–Trinajstić information content (AvgIpc) is 2.91. The first kappa shape index (κ1) is 31.8. The molecule has 43 heavy (non-hydrogen) atoms. The maximum absolute atomic E-state index is 13.1. The summed E-state index contributed by atoms with van der Waals surface area (Å²) in [4.78, 5) is 26.1. The lowest BCUT2D eigenvalue weighted by Gasteiger charge is -2.31. The molecule has 2 unspecified atom stereocenters. The molecule has 0 amide bonds. The predicted molar refractivity (Wildman–Crippen MR) is 170 cm³/mol. The minimum absolute atomic E-state index is 0.165. The van der Waals surface area contributed by atoms with E-state index in [4.69, 9.17) is 43.4 Å². The molecule has 2 heterocycles. The summed E-state index contributed by atoms with van der Waals surface area (Å²) in [6.07, 6.45) is -0.588. The van der Waals surface area contributed by atoms with Crippen LogP contribution in [0, 0.1) is 0 Å². The minimum Gasteiger partial charge on any atom is -0.459 e. The Kier molecular flexibility index (Phi) is 10.3. The molecule has 2 atom stereocenters. The van der Waals surface area contributed by atoms with Crippen LogP contribution >= 0.6 is 24.4 Å². The summed E-state index contributed by atoms with van der Waals surface area (Å²) in [5.74, 6) is 0.0656. The van der Waals surface area contributed by atoms with Gasteiger partial charge in [-0.25, -0.2) is 9.59 Å². The van der Waals surface area contributed by atoms with Crippen molar-refractivity contribution in [2.75, 3.05) is 6.79 Å². The summed E-state index contributed by atoms with van der Waals surface area (Å²) in [5.41, 5.74) is 3.37. The number of hydrogen-bond donors (Lipinski definition) is 4. The number of hydrogen-bond acceptors (Lipinski definition) is 8. The van der Waals surface area contributed by atoms with Crippen molar-refractivity contribution in [3.63, 3.8) is 0 Å². The molecule has 0 aliphatic carbocycles. The highest BCUT2D eigenvalue weighted by Gasteiger charge is 2.34. The first-order chi connectivity index (χ1) is 20.5. The van der Waals surface area contributed by atoms with Gasteiger partial charge in [0.2, 0.25) is 6.79 Å². The molecular formula is C31H36N4O6S2. The van der Waals surface area contributed by atoms with Crippen LogP contribution in [-0.2, 0) is 19.1 Å².